The van der Waals surface area contributed by atoms with Gasteiger partial charge in [-0.1, -0.05) is 0 Å². The molecule has 2 aliphatic heterocycles. The van der Waals surface area contributed by atoms with E-state index in [1.54, 1.807) is 0 Å². The molecule has 3 aliphatic rings. The van der Waals surface area contributed by atoms with Crippen LogP contribution in [0.5, 0.6) is 0 Å². The Hall–Kier alpha value is -0.640. The maximum Gasteiger partial charge on any atom is 0.187 e. The van der Waals surface area contributed by atoms with Crippen LogP contribution in [0.15, 0.2) is 0 Å². The van der Waals surface area contributed by atoms with Gasteiger partial charge in [-0.05, 0) is 0 Å². The Bertz CT molecular complexity index is 637. The molecule has 1 saturated carbocycles. The maximum atomic E-state index is 10.2. The minimum atomic E-state index is -1.93. The zero-order chi connectivity index (χ0) is 25.5. The van der Waals surface area contributed by atoms with Gasteiger partial charge in [-0.25, -0.2) is 0 Å². The summed E-state index contributed by atoms with van der Waals surface area (Å²) in [5.74, 6) is 0. The molecule has 0 aromatic carbocycles. The molecule has 3 rings (SSSR count). The molecular formula is C18H32O16. The van der Waals surface area contributed by atoms with Gasteiger partial charge < -0.3 is 80.2 Å². The summed E-state index contributed by atoms with van der Waals surface area (Å²) >= 11 is 0. The molecular weight excluding hydrogens is 472 g/mol. The van der Waals surface area contributed by atoms with Crippen LogP contribution >= 0.6 is 0 Å². The third-order valence-electron chi connectivity index (χ3n) is 6.31. The van der Waals surface area contributed by atoms with E-state index in [0.717, 1.165) is 0 Å². The van der Waals surface area contributed by atoms with Gasteiger partial charge in [0.25, 0.3) is 0 Å². The van der Waals surface area contributed by atoms with Crippen molar-refractivity contribution >= 4 is 0 Å². The Morgan fingerprint density at radius 3 is 1.41 bits per heavy atom. The molecule has 10 unspecified atom stereocenters. The van der Waals surface area contributed by atoms with Gasteiger partial charge >= 0.3 is 0 Å². The van der Waals surface area contributed by atoms with Crippen molar-refractivity contribution in [3.63, 3.8) is 0 Å². The molecule has 12 N–H and O–H groups in total. The second kappa shape index (κ2) is 11.2. The maximum absolute atomic E-state index is 10.2. The Balaban J connectivity index is 1.67. The van der Waals surface area contributed by atoms with E-state index in [4.69, 9.17) is 18.9 Å². The van der Waals surface area contributed by atoms with Crippen molar-refractivity contribution in [2.24, 2.45) is 0 Å². The topological polar surface area (TPSA) is 280 Å². The Labute approximate surface area is 192 Å². The summed E-state index contributed by atoms with van der Waals surface area (Å²) in [4.78, 5) is 0. The first-order valence-electron chi connectivity index (χ1n) is 10.6. The molecule has 2 saturated heterocycles. The van der Waals surface area contributed by atoms with Crippen LogP contribution in [-0.4, -0.2) is 173 Å². The van der Waals surface area contributed by atoms with E-state index in [-0.39, 0.29) is 0 Å². The third kappa shape index (κ3) is 5.23. The number of aliphatic hydroxyl groups is 12. The van der Waals surface area contributed by atoms with Gasteiger partial charge in [-0.3, -0.25) is 0 Å². The van der Waals surface area contributed by atoms with Crippen molar-refractivity contribution < 1.29 is 80.2 Å². The molecule has 0 aromatic rings. The second-order valence-electron chi connectivity index (χ2n) is 8.60. The highest BCUT2D eigenvalue weighted by atomic mass is 16.7. The minimum absolute atomic E-state index is 0.646. The second-order valence-corrected chi connectivity index (χ2v) is 8.60. The lowest BCUT2D eigenvalue weighted by molar-refractivity contribution is -0.351. The lowest BCUT2D eigenvalue weighted by atomic mass is 9.84. The standard InChI is InChI=1S/C18H32O16/c19-1-3-5(20)7(22)14(29)17(32-3)31-2-4-6(21)8(23)15(30)18(33-4)34-16-12(27)10(25)9(24)11(26)13(16)28/h3-30H,1-2H2/t3?,4?,5-,6-,7?,8?,9?,10?,11?,12?,13?,14?,15?,16?,17+,18-/m0/s1. The van der Waals surface area contributed by atoms with Gasteiger partial charge in [-0.15, -0.1) is 0 Å². The molecule has 2 heterocycles. The van der Waals surface area contributed by atoms with E-state index in [1.165, 1.54) is 0 Å². The van der Waals surface area contributed by atoms with Gasteiger partial charge in [0, 0.05) is 0 Å². The summed E-state index contributed by atoms with van der Waals surface area (Å²) < 4.78 is 21.0. The molecule has 200 valence electrons. The average Bonchev–Trinajstić information content (AvgIpc) is 2.82. The predicted molar refractivity (Wildman–Crippen MR) is 101 cm³/mol. The van der Waals surface area contributed by atoms with Gasteiger partial charge in [0.1, 0.15) is 85.5 Å². The molecule has 0 bridgehead atoms. The zero-order valence-corrected chi connectivity index (χ0v) is 17.7. The fourth-order valence-corrected chi connectivity index (χ4v) is 4.07. The van der Waals surface area contributed by atoms with Crippen LogP contribution in [0.4, 0.5) is 0 Å². The Kier molecular flexibility index (Phi) is 9.18. The molecule has 0 aromatic heterocycles. The van der Waals surface area contributed by atoms with Crippen molar-refractivity contribution in [2.45, 2.75) is 98.0 Å². The fourth-order valence-electron chi connectivity index (χ4n) is 4.07. The van der Waals surface area contributed by atoms with Crippen LogP contribution < -0.4 is 0 Å². The van der Waals surface area contributed by atoms with Gasteiger partial charge in [0.05, 0.1) is 13.2 Å². The van der Waals surface area contributed by atoms with Crippen LogP contribution in [-0.2, 0) is 18.9 Å². The van der Waals surface area contributed by atoms with E-state index >= 15 is 0 Å². The molecule has 0 spiro atoms. The summed E-state index contributed by atoms with van der Waals surface area (Å²) in [5.41, 5.74) is 0. The highest BCUT2D eigenvalue weighted by molar-refractivity contribution is 5.00. The van der Waals surface area contributed by atoms with E-state index in [0.29, 0.717) is 0 Å². The molecule has 14 atom stereocenters. The molecule has 1 aliphatic carbocycles. The molecule has 0 radical (unpaired) electrons. The smallest absolute Gasteiger partial charge is 0.187 e. The van der Waals surface area contributed by atoms with Crippen molar-refractivity contribution in [3.05, 3.63) is 0 Å². The Morgan fingerprint density at radius 2 is 0.882 bits per heavy atom. The van der Waals surface area contributed by atoms with Crippen molar-refractivity contribution in [1.82, 2.24) is 0 Å². The highest BCUT2D eigenvalue weighted by Crippen LogP contribution is 2.30. The average molecular weight is 504 g/mol. The molecule has 16 nitrogen and oxygen atoms in total. The quantitative estimate of drug-likeness (QED) is 0.160. The van der Waals surface area contributed by atoms with Crippen LogP contribution in [0.3, 0.4) is 0 Å². The van der Waals surface area contributed by atoms with Gasteiger partial charge in [-0.2, -0.15) is 0 Å². The normalized spacial score (nSPS) is 54.7. The first-order valence-corrected chi connectivity index (χ1v) is 10.6. The van der Waals surface area contributed by atoms with Gasteiger partial charge in [0.2, 0.25) is 0 Å². The summed E-state index contributed by atoms with van der Waals surface area (Å²) in [7, 11) is 0. The van der Waals surface area contributed by atoms with Crippen molar-refractivity contribution in [3.8, 4) is 0 Å². The largest absolute Gasteiger partial charge is 0.394 e. The molecule has 3 fully saturated rings. The van der Waals surface area contributed by atoms with Crippen molar-refractivity contribution in [2.75, 3.05) is 13.2 Å². The zero-order valence-electron chi connectivity index (χ0n) is 17.7. The monoisotopic (exact) mass is 504 g/mol. The predicted octanol–water partition coefficient (Wildman–Crippen LogP) is -8.19. The first-order chi connectivity index (χ1) is 15.9. The number of ether oxygens (including phenoxy) is 4. The number of hydrogen-bond donors (Lipinski definition) is 12. The van der Waals surface area contributed by atoms with Crippen LogP contribution in [0.1, 0.15) is 0 Å². The highest BCUT2D eigenvalue weighted by Gasteiger charge is 2.53. The SMILES string of the molecule is OCC1O[C@@H](OCC2O[C@@H](OC3C(O)C(O)C(O)C(O)C3O)C(O)C(O)[C@H]2O)C(O)C(O)[C@H]1O. The van der Waals surface area contributed by atoms with E-state index < -0.39 is 111 Å². The van der Waals surface area contributed by atoms with Crippen LogP contribution in [0, 0.1) is 0 Å². The van der Waals surface area contributed by atoms with Crippen LogP contribution in [0.25, 0.3) is 0 Å². The summed E-state index contributed by atoms with van der Waals surface area (Å²) in [6, 6.07) is 0. The lowest BCUT2D eigenvalue weighted by Gasteiger charge is -2.46. The molecule has 16 heteroatoms. The Morgan fingerprint density at radius 1 is 0.471 bits per heavy atom. The number of rotatable bonds is 6. The van der Waals surface area contributed by atoms with E-state index in [1.807, 2.05) is 0 Å². The summed E-state index contributed by atoms with van der Waals surface area (Å²) in [5, 5.41) is 119. The van der Waals surface area contributed by atoms with Crippen molar-refractivity contribution in [1.29, 1.82) is 0 Å². The minimum Gasteiger partial charge on any atom is -0.394 e. The number of aliphatic hydroxyl groups excluding tert-OH is 12. The fraction of sp³-hybridized carbons (Fsp3) is 1.00. The molecule has 0 amide bonds. The van der Waals surface area contributed by atoms with E-state index in [2.05, 4.69) is 0 Å². The molecule has 34 heavy (non-hydrogen) atoms. The third-order valence-corrected chi connectivity index (χ3v) is 6.31. The lowest BCUT2D eigenvalue weighted by Crippen LogP contribution is -2.67. The van der Waals surface area contributed by atoms with Gasteiger partial charge in [0.15, 0.2) is 12.6 Å². The van der Waals surface area contributed by atoms with E-state index in [9.17, 15) is 61.3 Å². The summed E-state index contributed by atoms with van der Waals surface area (Å²) in [6.45, 7) is -1.36. The summed E-state index contributed by atoms with van der Waals surface area (Å²) in [6.07, 6.45) is -28.3. The van der Waals surface area contributed by atoms with Crippen LogP contribution in [0.2, 0.25) is 0 Å². The number of hydrogen-bond acceptors (Lipinski definition) is 16. The first kappa shape index (κ1) is 27.9.